The number of carbonyl (C=O) groups is 3. The van der Waals surface area contributed by atoms with Crippen molar-refractivity contribution in [3.8, 4) is 0 Å². The van der Waals surface area contributed by atoms with Crippen molar-refractivity contribution in [1.29, 1.82) is 0 Å². The highest BCUT2D eigenvalue weighted by Gasteiger charge is 2.27. The number of anilines is 1. The van der Waals surface area contributed by atoms with E-state index in [0.717, 1.165) is 54.1 Å². The molecule has 1 aliphatic carbocycles. The van der Waals surface area contributed by atoms with E-state index in [1.165, 1.54) is 4.90 Å². The lowest BCUT2D eigenvalue weighted by atomic mass is 10.0. The van der Waals surface area contributed by atoms with Crippen LogP contribution in [0.3, 0.4) is 0 Å². The van der Waals surface area contributed by atoms with Crippen molar-refractivity contribution in [2.24, 2.45) is 5.92 Å². The van der Waals surface area contributed by atoms with Gasteiger partial charge in [-0.2, -0.15) is 0 Å². The van der Waals surface area contributed by atoms with E-state index in [1.54, 1.807) is 0 Å². The smallest absolute Gasteiger partial charge is 0.323 e. The van der Waals surface area contributed by atoms with Gasteiger partial charge in [0.1, 0.15) is 6.54 Å². The molecule has 1 N–H and O–H groups in total. The summed E-state index contributed by atoms with van der Waals surface area (Å²) in [5, 5.41) is 9.28. The topological polar surface area (TPSA) is 74.7 Å². The number of carbonyl (C=O) groups excluding carboxylic acids is 2. The van der Waals surface area contributed by atoms with Crippen LogP contribution in [0.25, 0.3) is 0 Å². The molecule has 1 saturated carbocycles. The quantitative estimate of drug-likeness (QED) is 0.837. The predicted octanol–water partition coefficient (Wildman–Crippen LogP) is 3.48. The summed E-state index contributed by atoms with van der Waals surface area (Å²) in [6, 6.07) is 3.84. The molecule has 1 aliphatic rings. The van der Waals surface area contributed by atoms with Crippen molar-refractivity contribution in [2.45, 2.75) is 46.5 Å². The van der Waals surface area contributed by atoms with Crippen LogP contribution in [0.4, 0.5) is 5.69 Å². The molecule has 0 heterocycles. The van der Waals surface area contributed by atoms with E-state index in [-0.39, 0.29) is 22.7 Å². The number of benzene rings is 1. The number of amides is 1. The molecule has 0 aromatic heterocycles. The minimum Gasteiger partial charge on any atom is -0.480 e. The van der Waals surface area contributed by atoms with Gasteiger partial charge >= 0.3 is 5.97 Å². The SMILES string of the molecule is Cc1ccc(C)c(N(CC(=O)O)C(=O)CSC(=O)C2CCCC2)c1C. The number of rotatable bonds is 6. The number of hydrogen-bond acceptors (Lipinski definition) is 4. The summed E-state index contributed by atoms with van der Waals surface area (Å²) in [5.41, 5.74) is 3.38. The molecular formula is C19H25NO4S. The third-order valence-electron chi connectivity index (χ3n) is 4.79. The molecule has 0 atom stereocenters. The lowest BCUT2D eigenvalue weighted by Gasteiger charge is -2.25. The van der Waals surface area contributed by atoms with E-state index >= 15 is 0 Å². The van der Waals surface area contributed by atoms with Crippen molar-refractivity contribution in [3.63, 3.8) is 0 Å². The summed E-state index contributed by atoms with van der Waals surface area (Å²) in [6.07, 6.45) is 3.93. The normalized spacial score (nSPS) is 14.5. The van der Waals surface area contributed by atoms with Crippen molar-refractivity contribution in [3.05, 3.63) is 28.8 Å². The first-order valence-corrected chi connectivity index (χ1v) is 9.55. The van der Waals surface area contributed by atoms with Crippen LogP contribution in [-0.4, -0.2) is 34.4 Å². The van der Waals surface area contributed by atoms with Gasteiger partial charge in [-0.3, -0.25) is 19.3 Å². The summed E-state index contributed by atoms with van der Waals surface area (Å²) in [6.45, 7) is 5.28. The number of aliphatic carboxylic acids is 1. The first-order valence-electron chi connectivity index (χ1n) is 8.57. The minimum absolute atomic E-state index is 0.0184. The second-order valence-corrected chi connectivity index (χ2v) is 7.62. The molecule has 136 valence electrons. The van der Waals surface area contributed by atoms with Gasteiger partial charge in [0.15, 0.2) is 5.12 Å². The Labute approximate surface area is 152 Å². The summed E-state index contributed by atoms with van der Waals surface area (Å²) >= 11 is 1.02. The molecule has 0 saturated heterocycles. The van der Waals surface area contributed by atoms with Gasteiger partial charge in [0.25, 0.3) is 0 Å². The van der Waals surface area contributed by atoms with E-state index in [9.17, 15) is 19.5 Å². The van der Waals surface area contributed by atoms with Crippen LogP contribution >= 0.6 is 11.8 Å². The number of hydrogen-bond donors (Lipinski definition) is 1. The number of nitrogens with zero attached hydrogens (tertiary/aromatic N) is 1. The molecule has 6 heteroatoms. The van der Waals surface area contributed by atoms with Gasteiger partial charge in [-0.15, -0.1) is 0 Å². The predicted molar refractivity (Wildman–Crippen MR) is 100 cm³/mol. The van der Waals surface area contributed by atoms with Crippen molar-refractivity contribution >= 4 is 34.4 Å². The van der Waals surface area contributed by atoms with Crippen LogP contribution in [0, 0.1) is 26.7 Å². The highest BCUT2D eigenvalue weighted by molar-refractivity contribution is 8.14. The summed E-state index contributed by atoms with van der Waals surface area (Å²) < 4.78 is 0. The fourth-order valence-electron chi connectivity index (χ4n) is 3.27. The Hall–Kier alpha value is -1.82. The molecule has 25 heavy (non-hydrogen) atoms. The third kappa shape index (κ3) is 4.84. The molecule has 0 unspecified atom stereocenters. The van der Waals surface area contributed by atoms with Crippen LogP contribution in [-0.2, 0) is 14.4 Å². The second-order valence-electron chi connectivity index (χ2n) is 6.64. The summed E-state index contributed by atoms with van der Waals surface area (Å²) in [7, 11) is 0. The molecule has 2 rings (SSSR count). The molecule has 0 radical (unpaired) electrons. The van der Waals surface area contributed by atoms with E-state index in [1.807, 2.05) is 32.9 Å². The Balaban J connectivity index is 2.16. The Morgan fingerprint density at radius 3 is 2.32 bits per heavy atom. The zero-order valence-electron chi connectivity index (χ0n) is 15.0. The van der Waals surface area contributed by atoms with E-state index in [4.69, 9.17) is 0 Å². The molecule has 1 fully saturated rings. The van der Waals surface area contributed by atoms with Crippen LogP contribution in [0.5, 0.6) is 0 Å². The third-order valence-corrected chi connectivity index (χ3v) is 5.80. The maximum absolute atomic E-state index is 12.7. The van der Waals surface area contributed by atoms with Gasteiger partial charge in [0.2, 0.25) is 5.91 Å². The summed E-state index contributed by atoms with van der Waals surface area (Å²) in [5.74, 6) is -1.38. The van der Waals surface area contributed by atoms with Gasteiger partial charge in [-0.25, -0.2) is 0 Å². The zero-order valence-corrected chi connectivity index (χ0v) is 15.8. The zero-order chi connectivity index (χ0) is 18.6. The number of thioether (sulfide) groups is 1. The standard InChI is InChI=1S/C19H25NO4S/c1-12-8-9-13(2)18(14(12)3)20(10-17(22)23)16(21)11-25-19(24)15-6-4-5-7-15/h8-9,15H,4-7,10-11H2,1-3H3,(H,22,23). The van der Waals surface area contributed by atoms with Crippen LogP contribution in [0.1, 0.15) is 42.4 Å². The maximum Gasteiger partial charge on any atom is 0.323 e. The fraction of sp³-hybridized carbons (Fsp3) is 0.526. The maximum atomic E-state index is 12.7. The minimum atomic E-state index is -1.07. The lowest BCUT2D eigenvalue weighted by Crippen LogP contribution is -2.38. The molecule has 0 bridgehead atoms. The Bertz CT molecular complexity index is 680. The van der Waals surface area contributed by atoms with E-state index in [0.29, 0.717) is 5.69 Å². The number of carboxylic acid groups (broad SMARTS) is 1. The van der Waals surface area contributed by atoms with Gasteiger partial charge in [-0.05, 0) is 50.3 Å². The first-order chi connectivity index (χ1) is 11.8. The molecule has 0 aliphatic heterocycles. The largest absolute Gasteiger partial charge is 0.480 e. The first kappa shape index (κ1) is 19.5. The number of carboxylic acids is 1. The average Bonchev–Trinajstić information content (AvgIpc) is 3.09. The number of aryl methyl sites for hydroxylation is 2. The van der Waals surface area contributed by atoms with Crippen LogP contribution in [0.15, 0.2) is 12.1 Å². The average molecular weight is 363 g/mol. The van der Waals surface area contributed by atoms with Crippen LogP contribution in [0.2, 0.25) is 0 Å². The van der Waals surface area contributed by atoms with Gasteiger partial charge < -0.3 is 5.11 Å². The molecule has 1 aromatic rings. The molecule has 1 aromatic carbocycles. The monoisotopic (exact) mass is 363 g/mol. The Morgan fingerprint density at radius 1 is 1.12 bits per heavy atom. The molecule has 5 nitrogen and oxygen atoms in total. The van der Waals surface area contributed by atoms with Crippen LogP contribution < -0.4 is 4.90 Å². The van der Waals surface area contributed by atoms with Crippen molar-refractivity contribution in [1.82, 2.24) is 0 Å². The van der Waals surface area contributed by atoms with E-state index in [2.05, 4.69) is 0 Å². The highest BCUT2D eigenvalue weighted by atomic mass is 32.2. The van der Waals surface area contributed by atoms with Crippen molar-refractivity contribution < 1.29 is 19.5 Å². The lowest BCUT2D eigenvalue weighted by molar-refractivity contribution is -0.136. The highest BCUT2D eigenvalue weighted by Crippen LogP contribution is 2.31. The molecule has 1 amide bonds. The van der Waals surface area contributed by atoms with E-state index < -0.39 is 12.5 Å². The summed E-state index contributed by atoms with van der Waals surface area (Å²) in [4.78, 5) is 37.5. The molecule has 0 spiro atoms. The van der Waals surface area contributed by atoms with Gasteiger partial charge in [0, 0.05) is 5.92 Å². The van der Waals surface area contributed by atoms with Gasteiger partial charge in [0.05, 0.1) is 11.4 Å². The Kier molecular flexibility index (Phi) is 6.64. The van der Waals surface area contributed by atoms with Crippen molar-refractivity contribution in [2.75, 3.05) is 17.2 Å². The van der Waals surface area contributed by atoms with Gasteiger partial charge in [-0.1, -0.05) is 36.7 Å². The Morgan fingerprint density at radius 2 is 1.72 bits per heavy atom. The fourth-order valence-corrected chi connectivity index (χ4v) is 4.16. The molecular weight excluding hydrogens is 338 g/mol. The second kappa shape index (κ2) is 8.52.